The van der Waals surface area contributed by atoms with Gasteiger partial charge in [0.15, 0.2) is 0 Å². The molecule has 2 N–H and O–H groups in total. The molecule has 1 aliphatic carbocycles. The smallest absolute Gasteiger partial charge is 0.0931 e. The Labute approximate surface area is 106 Å². The van der Waals surface area contributed by atoms with Crippen molar-refractivity contribution in [1.82, 2.24) is 5.32 Å². The van der Waals surface area contributed by atoms with Crippen LogP contribution in [0.25, 0.3) is 0 Å². The van der Waals surface area contributed by atoms with Gasteiger partial charge in [-0.05, 0) is 43.9 Å². The third kappa shape index (κ3) is 3.74. The highest BCUT2D eigenvalue weighted by atomic mass is 35.5. The van der Waals surface area contributed by atoms with Crippen LogP contribution in [0.1, 0.15) is 30.6 Å². The SMILES string of the molecule is OC1CCCC(CNCc2ccc(Cl)s2)C1. The first-order valence-corrected chi connectivity index (χ1v) is 7.06. The molecule has 2 rings (SSSR count). The average Bonchev–Trinajstić information content (AvgIpc) is 2.64. The maximum atomic E-state index is 9.56. The molecule has 0 saturated heterocycles. The topological polar surface area (TPSA) is 32.3 Å². The Morgan fingerprint density at radius 2 is 2.31 bits per heavy atom. The predicted octanol–water partition coefficient (Wildman–Crippen LogP) is 3.04. The van der Waals surface area contributed by atoms with E-state index in [4.69, 9.17) is 11.6 Å². The van der Waals surface area contributed by atoms with Gasteiger partial charge < -0.3 is 10.4 Å². The molecule has 0 aliphatic heterocycles. The van der Waals surface area contributed by atoms with Gasteiger partial charge in [0.25, 0.3) is 0 Å². The summed E-state index contributed by atoms with van der Waals surface area (Å²) in [5, 5.41) is 13.0. The zero-order chi connectivity index (χ0) is 11.4. The summed E-state index contributed by atoms with van der Waals surface area (Å²) in [6.45, 7) is 1.90. The average molecular weight is 260 g/mol. The van der Waals surface area contributed by atoms with E-state index in [1.54, 1.807) is 11.3 Å². The molecule has 1 heterocycles. The van der Waals surface area contributed by atoms with E-state index in [0.29, 0.717) is 5.92 Å². The van der Waals surface area contributed by atoms with Crippen molar-refractivity contribution in [3.8, 4) is 0 Å². The van der Waals surface area contributed by atoms with E-state index in [1.165, 1.54) is 17.7 Å². The summed E-state index contributed by atoms with van der Waals surface area (Å²) in [6.07, 6.45) is 4.28. The lowest BCUT2D eigenvalue weighted by Crippen LogP contribution is -2.28. The van der Waals surface area contributed by atoms with Gasteiger partial charge in [-0.1, -0.05) is 18.0 Å². The number of nitrogens with one attached hydrogen (secondary N) is 1. The highest BCUT2D eigenvalue weighted by molar-refractivity contribution is 7.16. The van der Waals surface area contributed by atoms with Crippen molar-refractivity contribution >= 4 is 22.9 Å². The Balaban J connectivity index is 1.67. The van der Waals surface area contributed by atoms with E-state index in [0.717, 1.165) is 30.3 Å². The molecule has 1 aliphatic rings. The maximum absolute atomic E-state index is 9.56. The minimum absolute atomic E-state index is 0.0725. The third-order valence-electron chi connectivity index (χ3n) is 3.12. The highest BCUT2D eigenvalue weighted by Gasteiger charge is 2.19. The van der Waals surface area contributed by atoms with Crippen LogP contribution in [0.15, 0.2) is 12.1 Å². The van der Waals surface area contributed by atoms with Crippen LogP contribution < -0.4 is 5.32 Å². The summed E-state index contributed by atoms with van der Waals surface area (Å²) >= 11 is 7.49. The zero-order valence-electron chi connectivity index (χ0n) is 9.29. The van der Waals surface area contributed by atoms with Gasteiger partial charge in [-0.25, -0.2) is 0 Å². The number of thiophene rings is 1. The Morgan fingerprint density at radius 3 is 3.00 bits per heavy atom. The predicted molar refractivity (Wildman–Crippen MR) is 69.0 cm³/mol. The summed E-state index contributed by atoms with van der Waals surface area (Å²) in [6, 6.07) is 4.00. The van der Waals surface area contributed by atoms with Crippen LogP contribution in [-0.2, 0) is 6.54 Å². The van der Waals surface area contributed by atoms with Crippen molar-refractivity contribution in [3.05, 3.63) is 21.3 Å². The maximum Gasteiger partial charge on any atom is 0.0931 e. The summed E-state index contributed by atoms with van der Waals surface area (Å²) in [5.41, 5.74) is 0. The van der Waals surface area contributed by atoms with Gasteiger partial charge in [-0.3, -0.25) is 0 Å². The summed E-state index contributed by atoms with van der Waals surface area (Å²) in [7, 11) is 0. The fraction of sp³-hybridized carbons (Fsp3) is 0.667. The fourth-order valence-electron chi connectivity index (χ4n) is 2.29. The molecule has 0 spiro atoms. The second-order valence-electron chi connectivity index (χ2n) is 4.52. The molecule has 0 radical (unpaired) electrons. The number of aliphatic hydroxyl groups is 1. The molecule has 1 aromatic rings. The zero-order valence-corrected chi connectivity index (χ0v) is 10.9. The Hall–Kier alpha value is -0.0900. The first kappa shape index (κ1) is 12.4. The van der Waals surface area contributed by atoms with Crippen molar-refractivity contribution in [2.24, 2.45) is 5.92 Å². The minimum Gasteiger partial charge on any atom is -0.393 e. The van der Waals surface area contributed by atoms with Crippen LogP contribution in [0.2, 0.25) is 4.34 Å². The first-order valence-electron chi connectivity index (χ1n) is 5.87. The molecule has 90 valence electrons. The van der Waals surface area contributed by atoms with E-state index in [2.05, 4.69) is 11.4 Å². The Bertz CT molecular complexity index is 329. The number of aliphatic hydroxyl groups excluding tert-OH is 1. The monoisotopic (exact) mass is 259 g/mol. The van der Waals surface area contributed by atoms with Crippen LogP contribution in [-0.4, -0.2) is 17.8 Å². The number of rotatable bonds is 4. The van der Waals surface area contributed by atoms with Gasteiger partial charge in [0.2, 0.25) is 0 Å². The second-order valence-corrected chi connectivity index (χ2v) is 6.32. The van der Waals surface area contributed by atoms with Gasteiger partial charge in [0.05, 0.1) is 10.4 Å². The number of halogens is 1. The summed E-state index contributed by atoms with van der Waals surface area (Å²) in [4.78, 5) is 1.28. The molecule has 2 unspecified atom stereocenters. The molecule has 4 heteroatoms. The van der Waals surface area contributed by atoms with E-state index < -0.39 is 0 Å². The lowest BCUT2D eigenvalue weighted by Gasteiger charge is -2.25. The third-order valence-corrected chi connectivity index (χ3v) is 4.35. The molecule has 1 saturated carbocycles. The fourth-order valence-corrected chi connectivity index (χ4v) is 3.35. The highest BCUT2D eigenvalue weighted by Crippen LogP contribution is 2.24. The molecule has 16 heavy (non-hydrogen) atoms. The normalized spacial score (nSPS) is 25.9. The van der Waals surface area contributed by atoms with E-state index in [-0.39, 0.29) is 6.10 Å². The van der Waals surface area contributed by atoms with E-state index in [9.17, 15) is 5.11 Å². The molecule has 0 bridgehead atoms. The molecule has 1 aromatic heterocycles. The van der Waals surface area contributed by atoms with Crippen molar-refractivity contribution in [1.29, 1.82) is 0 Å². The van der Waals surface area contributed by atoms with E-state index >= 15 is 0 Å². The Kier molecular flexibility index (Phi) is 4.65. The summed E-state index contributed by atoms with van der Waals surface area (Å²) < 4.78 is 0.852. The molecule has 2 nitrogen and oxygen atoms in total. The van der Waals surface area contributed by atoms with Crippen LogP contribution in [0.4, 0.5) is 0 Å². The van der Waals surface area contributed by atoms with Crippen LogP contribution in [0.3, 0.4) is 0 Å². The summed E-state index contributed by atoms with van der Waals surface area (Å²) in [5.74, 6) is 0.638. The molecule has 2 atom stereocenters. The van der Waals surface area contributed by atoms with Crippen LogP contribution in [0.5, 0.6) is 0 Å². The minimum atomic E-state index is -0.0725. The van der Waals surface area contributed by atoms with E-state index in [1.807, 2.05) is 6.07 Å². The lowest BCUT2D eigenvalue weighted by atomic mass is 9.87. The number of hydrogen-bond donors (Lipinski definition) is 2. The first-order chi connectivity index (χ1) is 7.74. The quantitative estimate of drug-likeness (QED) is 0.871. The van der Waals surface area contributed by atoms with Crippen LogP contribution in [0, 0.1) is 5.92 Å². The standard InChI is InChI=1S/C12H18ClNOS/c13-12-5-4-11(16-12)8-14-7-9-2-1-3-10(15)6-9/h4-5,9-10,14-15H,1-3,6-8H2. The van der Waals surface area contributed by atoms with Gasteiger partial charge >= 0.3 is 0 Å². The van der Waals surface area contributed by atoms with Gasteiger partial charge in [-0.2, -0.15) is 0 Å². The molecular weight excluding hydrogens is 242 g/mol. The number of hydrogen-bond acceptors (Lipinski definition) is 3. The van der Waals surface area contributed by atoms with Crippen molar-refractivity contribution < 1.29 is 5.11 Å². The molecule has 1 fully saturated rings. The molecular formula is C12H18ClNOS. The Morgan fingerprint density at radius 1 is 1.44 bits per heavy atom. The lowest BCUT2D eigenvalue weighted by molar-refractivity contribution is 0.101. The van der Waals surface area contributed by atoms with Gasteiger partial charge in [0, 0.05) is 11.4 Å². The molecule has 0 amide bonds. The van der Waals surface area contributed by atoms with Crippen molar-refractivity contribution in [3.63, 3.8) is 0 Å². The van der Waals surface area contributed by atoms with Crippen LogP contribution >= 0.6 is 22.9 Å². The molecule has 0 aromatic carbocycles. The van der Waals surface area contributed by atoms with Gasteiger partial charge in [0.1, 0.15) is 0 Å². The van der Waals surface area contributed by atoms with Crippen molar-refractivity contribution in [2.45, 2.75) is 38.3 Å². The second kappa shape index (κ2) is 6.01. The largest absolute Gasteiger partial charge is 0.393 e. The van der Waals surface area contributed by atoms with Gasteiger partial charge in [-0.15, -0.1) is 11.3 Å². The van der Waals surface area contributed by atoms with Crippen molar-refractivity contribution in [2.75, 3.05) is 6.54 Å².